The van der Waals surface area contributed by atoms with Gasteiger partial charge in [0.1, 0.15) is 0 Å². The maximum Gasteiger partial charge on any atom is 0.186 e. The summed E-state index contributed by atoms with van der Waals surface area (Å²) in [5.74, 6) is 2.11. The van der Waals surface area contributed by atoms with Crippen LogP contribution in [0.4, 0.5) is 0 Å². The number of hydrogen-bond donors (Lipinski definition) is 0. The van der Waals surface area contributed by atoms with Crippen LogP contribution < -0.4 is 0 Å². The average molecular weight is 361 g/mol. The van der Waals surface area contributed by atoms with Crippen molar-refractivity contribution in [1.29, 1.82) is 0 Å². The van der Waals surface area contributed by atoms with E-state index in [9.17, 15) is 0 Å². The number of unbranched alkanes of at least 4 members (excludes halogenated alkanes) is 6. The summed E-state index contributed by atoms with van der Waals surface area (Å²) in [7, 11) is 2.37. The Morgan fingerprint density at radius 3 is 1.92 bits per heavy atom. The molecule has 1 heterocycles. The molecule has 1 spiro atoms. The molecule has 0 aromatic rings. The van der Waals surface area contributed by atoms with Crippen molar-refractivity contribution in [3.05, 3.63) is 0 Å². The molecule has 26 heavy (non-hydrogen) atoms. The lowest BCUT2D eigenvalue weighted by molar-refractivity contribution is -0.0617. The van der Waals surface area contributed by atoms with Crippen molar-refractivity contribution < 1.29 is 0 Å². The fraction of sp³-hybridized carbons (Fsp3) is 1.00. The Kier molecular flexibility index (Phi) is 9.55. The predicted octanol–water partition coefficient (Wildman–Crippen LogP) is 6.75. The molecule has 152 valence electrons. The van der Waals surface area contributed by atoms with E-state index in [0.29, 0.717) is 0 Å². The predicted molar refractivity (Wildman–Crippen MR) is 119 cm³/mol. The van der Waals surface area contributed by atoms with Crippen LogP contribution in [0.15, 0.2) is 0 Å². The van der Waals surface area contributed by atoms with Crippen molar-refractivity contribution in [3.63, 3.8) is 0 Å². The molecule has 1 aliphatic heterocycles. The third kappa shape index (κ3) is 6.01. The van der Waals surface area contributed by atoms with Crippen molar-refractivity contribution >= 4 is 7.98 Å². The molecule has 2 aliphatic rings. The Hall–Kier alpha value is 0.0249. The van der Waals surface area contributed by atoms with Crippen LogP contribution in [-0.2, 0) is 0 Å². The van der Waals surface area contributed by atoms with E-state index in [1.54, 1.807) is 12.8 Å². The summed E-state index contributed by atoms with van der Waals surface area (Å²) in [5.41, 5.74) is 0.725. The second kappa shape index (κ2) is 11.1. The Morgan fingerprint density at radius 1 is 0.846 bits per heavy atom. The van der Waals surface area contributed by atoms with Crippen LogP contribution >= 0.6 is 0 Å². The van der Waals surface area contributed by atoms with E-state index < -0.39 is 0 Å². The van der Waals surface area contributed by atoms with E-state index >= 15 is 0 Å². The van der Waals surface area contributed by atoms with Crippen LogP contribution in [0.2, 0.25) is 0 Å². The molecule has 1 nitrogen and oxygen atoms in total. The summed E-state index contributed by atoms with van der Waals surface area (Å²) in [6.45, 7) is 9.55. The van der Waals surface area contributed by atoms with Gasteiger partial charge in [-0.2, -0.15) is 0 Å². The van der Waals surface area contributed by atoms with Gasteiger partial charge >= 0.3 is 0 Å². The third-order valence-corrected chi connectivity index (χ3v) is 8.05. The Bertz CT molecular complexity index is 364. The van der Waals surface area contributed by atoms with Crippen LogP contribution in [0.1, 0.15) is 124 Å². The lowest BCUT2D eigenvalue weighted by atomic mass is 9.51. The standard InChI is InChI=1S/C24H48BN/c1-5-8-10-12-14-21(15-13-11-9-6-2)22-17-24(18-22)16-20(4)26(25)23(7-3)19-24/h20-23H,5-19,25H2,1-4H3. The van der Waals surface area contributed by atoms with Crippen LogP contribution in [0, 0.1) is 17.3 Å². The molecule has 0 aromatic carbocycles. The first-order valence-corrected chi connectivity index (χ1v) is 12.3. The number of hydrogen-bond acceptors (Lipinski definition) is 1. The Balaban J connectivity index is 1.84. The monoisotopic (exact) mass is 361 g/mol. The summed E-state index contributed by atoms with van der Waals surface area (Å²) >= 11 is 0. The van der Waals surface area contributed by atoms with Crippen molar-refractivity contribution in [2.75, 3.05) is 0 Å². The van der Waals surface area contributed by atoms with Gasteiger partial charge in [0.2, 0.25) is 0 Å². The van der Waals surface area contributed by atoms with E-state index in [4.69, 9.17) is 0 Å². The van der Waals surface area contributed by atoms with Gasteiger partial charge in [0.25, 0.3) is 0 Å². The molecular weight excluding hydrogens is 313 g/mol. The molecule has 0 aromatic heterocycles. The minimum Gasteiger partial charge on any atom is -0.344 e. The van der Waals surface area contributed by atoms with E-state index in [0.717, 1.165) is 29.3 Å². The second-order valence-corrected chi connectivity index (χ2v) is 10.1. The van der Waals surface area contributed by atoms with Crippen molar-refractivity contribution in [2.24, 2.45) is 17.3 Å². The lowest BCUT2D eigenvalue weighted by Crippen LogP contribution is -2.55. The van der Waals surface area contributed by atoms with E-state index in [2.05, 4.69) is 40.5 Å². The van der Waals surface area contributed by atoms with Crippen LogP contribution in [0.25, 0.3) is 0 Å². The molecule has 0 amide bonds. The van der Waals surface area contributed by atoms with Gasteiger partial charge in [-0.3, -0.25) is 0 Å². The summed E-state index contributed by atoms with van der Waals surface area (Å²) in [6.07, 6.45) is 22.0. The van der Waals surface area contributed by atoms with Crippen molar-refractivity contribution in [3.8, 4) is 0 Å². The molecular formula is C24H48BN. The second-order valence-electron chi connectivity index (χ2n) is 10.1. The highest BCUT2D eigenvalue weighted by molar-refractivity contribution is 6.04. The molecule has 1 saturated carbocycles. The van der Waals surface area contributed by atoms with Gasteiger partial charge in [0, 0.05) is 0 Å². The minimum atomic E-state index is 0.725. The van der Waals surface area contributed by atoms with Crippen molar-refractivity contribution in [1.82, 2.24) is 4.81 Å². The zero-order valence-electron chi connectivity index (χ0n) is 18.9. The van der Waals surface area contributed by atoms with E-state index in [1.807, 2.05) is 0 Å². The first-order valence-electron chi connectivity index (χ1n) is 12.3. The Labute approximate surface area is 166 Å². The fourth-order valence-electron chi connectivity index (χ4n) is 6.29. The molecule has 0 bridgehead atoms. The van der Waals surface area contributed by atoms with Gasteiger partial charge < -0.3 is 4.81 Å². The molecule has 2 rings (SSSR count). The molecule has 2 fully saturated rings. The first kappa shape index (κ1) is 22.3. The number of piperidine rings is 1. The molecule has 1 saturated heterocycles. The quantitative estimate of drug-likeness (QED) is 0.274. The highest BCUT2D eigenvalue weighted by Gasteiger charge is 2.50. The zero-order valence-corrected chi connectivity index (χ0v) is 18.9. The third-order valence-electron chi connectivity index (χ3n) is 8.05. The van der Waals surface area contributed by atoms with Crippen molar-refractivity contribution in [2.45, 2.75) is 136 Å². The van der Waals surface area contributed by atoms with Gasteiger partial charge in [0.15, 0.2) is 7.98 Å². The number of rotatable bonds is 12. The largest absolute Gasteiger partial charge is 0.344 e. The highest BCUT2D eigenvalue weighted by Crippen LogP contribution is 2.58. The van der Waals surface area contributed by atoms with E-state index in [1.165, 1.54) is 83.5 Å². The normalized spacial score (nSPS) is 32.3. The van der Waals surface area contributed by atoms with Gasteiger partial charge in [0.05, 0.1) is 0 Å². The fourth-order valence-corrected chi connectivity index (χ4v) is 6.29. The van der Waals surface area contributed by atoms with Crippen LogP contribution in [-0.4, -0.2) is 24.9 Å². The Morgan fingerprint density at radius 2 is 1.42 bits per heavy atom. The molecule has 0 radical (unpaired) electrons. The summed E-state index contributed by atoms with van der Waals surface area (Å²) in [6, 6.07) is 1.63. The average Bonchev–Trinajstić information content (AvgIpc) is 2.61. The zero-order chi connectivity index (χ0) is 19.0. The van der Waals surface area contributed by atoms with Gasteiger partial charge in [-0.15, -0.1) is 0 Å². The summed E-state index contributed by atoms with van der Waals surface area (Å²) in [5, 5.41) is 0. The first-order chi connectivity index (χ1) is 12.5. The lowest BCUT2D eigenvalue weighted by Gasteiger charge is -2.58. The molecule has 2 atom stereocenters. The molecule has 0 N–H and O–H groups in total. The van der Waals surface area contributed by atoms with Gasteiger partial charge in [-0.05, 0) is 61.4 Å². The van der Waals surface area contributed by atoms with Crippen LogP contribution in [0.3, 0.4) is 0 Å². The van der Waals surface area contributed by atoms with Gasteiger partial charge in [-0.1, -0.05) is 91.9 Å². The van der Waals surface area contributed by atoms with E-state index in [-0.39, 0.29) is 0 Å². The topological polar surface area (TPSA) is 3.24 Å². The smallest absolute Gasteiger partial charge is 0.186 e. The minimum absolute atomic E-state index is 0.725. The summed E-state index contributed by atoms with van der Waals surface area (Å²) in [4.78, 5) is 2.67. The molecule has 2 unspecified atom stereocenters. The molecule has 2 heteroatoms. The SMILES string of the molecule is BN1C(C)CC2(CC(C(CCCCCC)CCCCCC)C2)CC1CC. The van der Waals surface area contributed by atoms with Crippen LogP contribution in [0.5, 0.6) is 0 Å². The number of nitrogens with zero attached hydrogens (tertiary/aromatic N) is 1. The highest BCUT2D eigenvalue weighted by atomic mass is 15.1. The summed E-state index contributed by atoms with van der Waals surface area (Å²) < 4.78 is 0. The van der Waals surface area contributed by atoms with Gasteiger partial charge in [-0.25, -0.2) is 0 Å². The maximum atomic E-state index is 2.67. The maximum absolute atomic E-state index is 2.67. The molecule has 1 aliphatic carbocycles.